The minimum atomic E-state index is -1.00. The molecule has 15 heavy (non-hydrogen) atoms. The maximum absolute atomic E-state index is 10.6. The Morgan fingerprint density at radius 1 is 1.60 bits per heavy atom. The van der Waals surface area contributed by atoms with E-state index in [0.29, 0.717) is 11.1 Å². The summed E-state index contributed by atoms with van der Waals surface area (Å²) in [6, 6.07) is 2.76. The number of hydrogen-bond donors (Lipinski definition) is 1. The largest absolute Gasteiger partial charge is 0.481 e. The van der Waals surface area contributed by atoms with Crippen LogP contribution in [0, 0.1) is 17.0 Å². The lowest BCUT2D eigenvalue weighted by Crippen LogP contribution is -2.02. The van der Waals surface area contributed by atoms with Crippen molar-refractivity contribution in [2.45, 2.75) is 13.3 Å². The molecule has 0 aliphatic heterocycles. The highest BCUT2D eigenvalue weighted by atomic mass is 35.5. The Kier molecular flexibility index (Phi) is 3.26. The molecule has 0 saturated carbocycles. The van der Waals surface area contributed by atoms with Gasteiger partial charge in [0.15, 0.2) is 0 Å². The quantitative estimate of drug-likeness (QED) is 0.636. The molecule has 6 heteroatoms. The van der Waals surface area contributed by atoms with Crippen LogP contribution in [0.5, 0.6) is 0 Å². The van der Waals surface area contributed by atoms with E-state index in [1.807, 2.05) is 0 Å². The highest BCUT2D eigenvalue weighted by Crippen LogP contribution is 2.29. The first-order chi connectivity index (χ1) is 6.91. The van der Waals surface area contributed by atoms with Crippen molar-refractivity contribution in [3.63, 3.8) is 0 Å². The zero-order valence-electron chi connectivity index (χ0n) is 7.86. The fourth-order valence-corrected chi connectivity index (χ4v) is 1.67. The van der Waals surface area contributed by atoms with Gasteiger partial charge >= 0.3 is 5.97 Å². The van der Waals surface area contributed by atoms with Crippen LogP contribution in [0.4, 0.5) is 5.69 Å². The van der Waals surface area contributed by atoms with Crippen molar-refractivity contribution in [2.75, 3.05) is 0 Å². The van der Waals surface area contributed by atoms with E-state index in [9.17, 15) is 14.9 Å². The van der Waals surface area contributed by atoms with Crippen molar-refractivity contribution >= 4 is 23.3 Å². The molecule has 0 fully saturated rings. The fourth-order valence-electron chi connectivity index (χ4n) is 1.32. The molecule has 0 aliphatic rings. The number of nitro groups is 1. The van der Waals surface area contributed by atoms with E-state index in [2.05, 4.69) is 0 Å². The minimum absolute atomic E-state index is 0.0312. The predicted octanol–water partition coefficient (Wildman–Crippen LogP) is 2.18. The van der Waals surface area contributed by atoms with Gasteiger partial charge in [-0.15, -0.1) is 0 Å². The van der Waals surface area contributed by atoms with Gasteiger partial charge in [-0.05, 0) is 24.6 Å². The third-order valence-electron chi connectivity index (χ3n) is 1.85. The normalized spacial score (nSPS) is 10.0. The van der Waals surface area contributed by atoms with Crippen LogP contribution in [0.2, 0.25) is 5.02 Å². The molecule has 0 heterocycles. The summed E-state index contributed by atoms with van der Waals surface area (Å²) in [5.74, 6) is -1.00. The van der Waals surface area contributed by atoms with Crippen LogP contribution in [0.25, 0.3) is 0 Å². The standard InChI is InChI=1S/C9H8ClNO4/c1-5-2-6(4-8(12)13)3-7(10)9(5)11(14)15/h2-3H,4H2,1H3,(H,12,13). The lowest BCUT2D eigenvalue weighted by molar-refractivity contribution is -0.385. The second-order valence-electron chi connectivity index (χ2n) is 3.07. The lowest BCUT2D eigenvalue weighted by atomic mass is 10.1. The summed E-state index contributed by atoms with van der Waals surface area (Å²) in [6.07, 6.45) is -0.196. The van der Waals surface area contributed by atoms with E-state index in [-0.39, 0.29) is 17.1 Å². The molecule has 0 amide bonds. The van der Waals surface area contributed by atoms with E-state index in [4.69, 9.17) is 16.7 Å². The van der Waals surface area contributed by atoms with Crippen LogP contribution in [0.3, 0.4) is 0 Å². The Labute approximate surface area is 90.4 Å². The topological polar surface area (TPSA) is 80.4 Å². The van der Waals surface area contributed by atoms with Crippen LogP contribution >= 0.6 is 11.6 Å². The van der Waals surface area contributed by atoms with Gasteiger partial charge in [-0.3, -0.25) is 14.9 Å². The average Bonchev–Trinajstić information content (AvgIpc) is 1.99. The summed E-state index contributed by atoms with van der Waals surface area (Å²) in [4.78, 5) is 20.4. The number of rotatable bonds is 3. The van der Waals surface area contributed by atoms with Gasteiger partial charge in [0.2, 0.25) is 0 Å². The highest BCUT2D eigenvalue weighted by Gasteiger charge is 2.17. The van der Waals surface area contributed by atoms with E-state index in [0.717, 1.165) is 0 Å². The maximum Gasteiger partial charge on any atom is 0.307 e. The van der Waals surface area contributed by atoms with Crippen molar-refractivity contribution in [2.24, 2.45) is 0 Å². The van der Waals surface area contributed by atoms with Gasteiger partial charge in [0.25, 0.3) is 5.69 Å². The van der Waals surface area contributed by atoms with Gasteiger partial charge in [-0.1, -0.05) is 11.6 Å². The lowest BCUT2D eigenvalue weighted by Gasteiger charge is -2.03. The van der Waals surface area contributed by atoms with Crippen LogP contribution < -0.4 is 0 Å². The number of aryl methyl sites for hydroxylation is 1. The zero-order valence-corrected chi connectivity index (χ0v) is 8.61. The molecule has 0 radical (unpaired) electrons. The van der Waals surface area contributed by atoms with Gasteiger partial charge in [0, 0.05) is 5.56 Å². The molecule has 0 aromatic heterocycles. The Bertz CT molecular complexity index is 407. The molecule has 1 aromatic carbocycles. The molecule has 1 rings (SSSR count). The van der Waals surface area contributed by atoms with E-state index < -0.39 is 10.9 Å². The summed E-state index contributed by atoms with van der Waals surface area (Å²) in [6.45, 7) is 1.52. The number of hydrogen-bond acceptors (Lipinski definition) is 3. The Morgan fingerprint density at radius 2 is 2.20 bits per heavy atom. The third kappa shape index (κ3) is 2.66. The van der Waals surface area contributed by atoms with E-state index in [1.165, 1.54) is 19.1 Å². The number of aliphatic carboxylic acids is 1. The van der Waals surface area contributed by atoms with Crippen molar-refractivity contribution in [1.29, 1.82) is 0 Å². The highest BCUT2D eigenvalue weighted by molar-refractivity contribution is 6.32. The monoisotopic (exact) mass is 229 g/mol. The minimum Gasteiger partial charge on any atom is -0.481 e. The molecular weight excluding hydrogens is 222 g/mol. The Balaban J connectivity index is 3.19. The average molecular weight is 230 g/mol. The second kappa shape index (κ2) is 4.27. The SMILES string of the molecule is Cc1cc(CC(=O)O)cc(Cl)c1[N+](=O)[O-]. The van der Waals surface area contributed by atoms with Gasteiger partial charge in [-0.25, -0.2) is 0 Å². The first-order valence-electron chi connectivity index (χ1n) is 4.07. The maximum atomic E-state index is 10.6. The van der Waals surface area contributed by atoms with Crippen molar-refractivity contribution in [3.8, 4) is 0 Å². The first kappa shape index (κ1) is 11.5. The summed E-state index contributed by atoms with van der Waals surface area (Å²) in [5, 5.41) is 19.1. The summed E-state index contributed by atoms with van der Waals surface area (Å²) < 4.78 is 0. The molecule has 0 atom stereocenters. The summed E-state index contributed by atoms with van der Waals surface area (Å²) >= 11 is 5.68. The number of nitro benzene ring substituents is 1. The van der Waals surface area contributed by atoms with E-state index in [1.54, 1.807) is 0 Å². The number of benzene rings is 1. The smallest absolute Gasteiger partial charge is 0.307 e. The third-order valence-corrected chi connectivity index (χ3v) is 2.14. The van der Waals surface area contributed by atoms with Crippen molar-refractivity contribution in [3.05, 3.63) is 38.4 Å². The van der Waals surface area contributed by atoms with Crippen LogP contribution in [0.15, 0.2) is 12.1 Å². The van der Waals surface area contributed by atoms with Crippen LogP contribution in [-0.2, 0) is 11.2 Å². The van der Waals surface area contributed by atoms with Crippen LogP contribution in [0.1, 0.15) is 11.1 Å². The number of nitrogens with zero attached hydrogens (tertiary/aromatic N) is 1. The van der Waals surface area contributed by atoms with E-state index >= 15 is 0 Å². The molecule has 0 aliphatic carbocycles. The number of carbonyl (C=O) groups is 1. The summed E-state index contributed by atoms with van der Waals surface area (Å²) in [5.41, 5.74) is 0.644. The zero-order chi connectivity index (χ0) is 11.6. The van der Waals surface area contributed by atoms with Gasteiger partial charge in [-0.2, -0.15) is 0 Å². The van der Waals surface area contributed by atoms with Gasteiger partial charge in [0.1, 0.15) is 5.02 Å². The molecule has 0 unspecified atom stereocenters. The van der Waals surface area contributed by atoms with Gasteiger partial charge in [0.05, 0.1) is 11.3 Å². The second-order valence-corrected chi connectivity index (χ2v) is 3.48. The number of carboxylic acid groups (broad SMARTS) is 1. The predicted molar refractivity (Wildman–Crippen MR) is 54.2 cm³/mol. The fraction of sp³-hybridized carbons (Fsp3) is 0.222. The van der Waals surface area contributed by atoms with Crippen molar-refractivity contribution < 1.29 is 14.8 Å². The molecular formula is C9H8ClNO4. The molecule has 5 nitrogen and oxygen atoms in total. The number of halogens is 1. The van der Waals surface area contributed by atoms with Crippen molar-refractivity contribution in [1.82, 2.24) is 0 Å². The molecule has 0 bridgehead atoms. The Hall–Kier alpha value is -1.62. The molecule has 1 aromatic rings. The van der Waals surface area contributed by atoms with Crippen LogP contribution in [-0.4, -0.2) is 16.0 Å². The Morgan fingerprint density at radius 3 is 2.60 bits per heavy atom. The summed E-state index contributed by atoms with van der Waals surface area (Å²) in [7, 11) is 0. The molecule has 0 saturated heterocycles. The molecule has 80 valence electrons. The number of carboxylic acids is 1. The van der Waals surface area contributed by atoms with Gasteiger partial charge < -0.3 is 5.11 Å². The molecule has 1 N–H and O–H groups in total. The molecule has 0 spiro atoms. The first-order valence-corrected chi connectivity index (χ1v) is 4.45.